The lowest BCUT2D eigenvalue weighted by Crippen LogP contribution is -2.22. The van der Waals surface area contributed by atoms with E-state index in [1.165, 1.54) is 11.3 Å². The van der Waals surface area contributed by atoms with Gasteiger partial charge < -0.3 is 5.32 Å². The lowest BCUT2D eigenvalue weighted by atomic mass is 10.1. The van der Waals surface area contributed by atoms with Crippen LogP contribution in [0.25, 0.3) is 5.69 Å². The molecule has 0 saturated heterocycles. The SMILES string of the molecule is CCCc1c(CNC(C)C)cnn1-c1cccc(Cl)c1. The Morgan fingerprint density at radius 2 is 2.15 bits per heavy atom. The first-order chi connectivity index (χ1) is 9.61. The van der Waals surface area contributed by atoms with Crippen LogP contribution < -0.4 is 5.32 Å². The van der Waals surface area contributed by atoms with Crippen molar-refractivity contribution >= 4 is 11.6 Å². The minimum Gasteiger partial charge on any atom is -0.310 e. The number of rotatable bonds is 6. The number of hydrogen-bond donors (Lipinski definition) is 1. The van der Waals surface area contributed by atoms with E-state index in [-0.39, 0.29) is 0 Å². The molecule has 4 heteroatoms. The van der Waals surface area contributed by atoms with Gasteiger partial charge in [0.1, 0.15) is 0 Å². The van der Waals surface area contributed by atoms with Gasteiger partial charge in [-0.1, -0.05) is 44.9 Å². The maximum atomic E-state index is 6.08. The highest BCUT2D eigenvalue weighted by molar-refractivity contribution is 6.30. The van der Waals surface area contributed by atoms with Crippen LogP contribution in [0.2, 0.25) is 5.02 Å². The number of hydrogen-bond acceptors (Lipinski definition) is 2. The molecule has 0 atom stereocenters. The molecule has 108 valence electrons. The van der Waals surface area contributed by atoms with Gasteiger partial charge in [-0.3, -0.25) is 0 Å². The van der Waals surface area contributed by atoms with Gasteiger partial charge in [-0.15, -0.1) is 0 Å². The standard InChI is InChI=1S/C16H22ClN3/c1-4-6-16-13(10-18-12(2)3)11-19-20(16)15-8-5-7-14(17)9-15/h5,7-9,11-12,18H,4,6,10H2,1-3H3. The van der Waals surface area contributed by atoms with Gasteiger partial charge in [0.15, 0.2) is 0 Å². The van der Waals surface area contributed by atoms with E-state index in [1.54, 1.807) is 0 Å². The smallest absolute Gasteiger partial charge is 0.0663 e. The molecule has 1 aromatic carbocycles. The largest absolute Gasteiger partial charge is 0.310 e. The predicted octanol–water partition coefficient (Wildman–Crippen LogP) is 3.98. The molecular formula is C16H22ClN3. The van der Waals surface area contributed by atoms with E-state index in [1.807, 2.05) is 35.1 Å². The molecule has 0 unspecified atom stereocenters. The number of nitrogens with one attached hydrogen (secondary N) is 1. The molecule has 0 saturated carbocycles. The summed E-state index contributed by atoms with van der Waals surface area (Å²) in [4.78, 5) is 0. The van der Waals surface area contributed by atoms with Gasteiger partial charge in [0.2, 0.25) is 0 Å². The van der Waals surface area contributed by atoms with E-state index in [0.29, 0.717) is 6.04 Å². The molecule has 0 fully saturated rings. The molecule has 1 heterocycles. The first kappa shape index (κ1) is 15.1. The zero-order valence-corrected chi connectivity index (χ0v) is 13.1. The summed E-state index contributed by atoms with van der Waals surface area (Å²) in [5.41, 5.74) is 3.56. The van der Waals surface area contributed by atoms with Gasteiger partial charge >= 0.3 is 0 Å². The molecule has 2 aromatic rings. The lowest BCUT2D eigenvalue weighted by molar-refractivity contribution is 0.585. The fraction of sp³-hybridized carbons (Fsp3) is 0.438. The molecule has 2 rings (SSSR count). The summed E-state index contributed by atoms with van der Waals surface area (Å²) in [7, 11) is 0. The molecule has 1 aromatic heterocycles. The van der Waals surface area contributed by atoms with Crippen LogP contribution in [0.5, 0.6) is 0 Å². The van der Waals surface area contributed by atoms with Gasteiger partial charge in [-0.25, -0.2) is 4.68 Å². The lowest BCUT2D eigenvalue weighted by Gasteiger charge is -2.11. The third-order valence-corrected chi connectivity index (χ3v) is 3.43. The monoisotopic (exact) mass is 291 g/mol. The third-order valence-electron chi connectivity index (χ3n) is 3.20. The third kappa shape index (κ3) is 3.62. The minimum atomic E-state index is 0.471. The van der Waals surface area contributed by atoms with E-state index in [0.717, 1.165) is 30.1 Å². The second kappa shape index (κ2) is 6.91. The van der Waals surface area contributed by atoms with Gasteiger partial charge in [-0.05, 0) is 24.6 Å². The van der Waals surface area contributed by atoms with E-state index in [9.17, 15) is 0 Å². The topological polar surface area (TPSA) is 29.9 Å². The van der Waals surface area contributed by atoms with Crippen LogP contribution in [0.1, 0.15) is 38.4 Å². The summed E-state index contributed by atoms with van der Waals surface area (Å²) in [6.07, 6.45) is 4.07. The highest BCUT2D eigenvalue weighted by Crippen LogP contribution is 2.19. The molecule has 0 spiro atoms. The first-order valence-electron chi connectivity index (χ1n) is 7.17. The van der Waals surface area contributed by atoms with Crippen molar-refractivity contribution in [2.45, 2.75) is 46.2 Å². The average molecular weight is 292 g/mol. The molecule has 0 aliphatic carbocycles. The number of aromatic nitrogens is 2. The molecule has 3 nitrogen and oxygen atoms in total. The Kier molecular flexibility index (Phi) is 5.21. The van der Waals surface area contributed by atoms with Crippen molar-refractivity contribution in [3.63, 3.8) is 0 Å². The summed E-state index contributed by atoms with van der Waals surface area (Å²) in [6, 6.07) is 8.31. The Morgan fingerprint density at radius 1 is 1.35 bits per heavy atom. The van der Waals surface area contributed by atoms with Crippen molar-refractivity contribution in [1.82, 2.24) is 15.1 Å². The molecule has 1 N–H and O–H groups in total. The number of halogens is 1. The normalized spacial score (nSPS) is 11.2. The Bertz CT molecular complexity index is 561. The Morgan fingerprint density at radius 3 is 2.80 bits per heavy atom. The van der Waals surface area contributed by atoms with Gasteiger partial charge in [0.05, 0.1) is 11.9 Å². The minimum absolute atomic E-state index is 0.471. The molecular weight excluding hydrogens is 270 g/mol. The van der Waals surface area contributed by atoms with Crippen molar-refractivity contribution in [2.75, 3.05) is 0 Å². The van der Waals surface area contributed by atoms with Crippen molar-refractivity contribution in [3.05, 3.63) is 46.7 Å². The van der Waals surface area contributed by atoms with Crippen molar-refractivity contribution in [3.8, 4) is 5.69 Å². The zero-order valence-electron chi connectivity index (χ0n) is 12.4. The zero-order chi connectivity index (χ0) is 14.5. The highest BCUT2D eigenvalue weighted by Gasteiger charge is 2.12. The van der Waals surface area contributed by atoms with E-state index in [4.69, 9.17) is 11.6 Å². The molecule has 0 aliphatic heterocycles. The van der Waals surface area contributed by atoms with Crippen molar-refractivity contribution in [1.29, 1.82) is 0 Å². The summed E-state index contributed by atoms with van der Waals surface area (Å²) in [6.45, 7) is 7.35. The Balaban J connectivity index is 2.33. The fourth-order valence-corrected chi connectivity index (χ4v) is 2.39. The van der Waals surface area contributed by atoms with Crippen molar-refractivity contribution < 1.29 is 0 Å². The maximum absolute atomic E-state index is 6.08. The van der Waals surface area contributed by atoms with E-state index in [2.05, 4.69) is 31.2 Å². The molecule has 0 amide bonds. The van der Waals surface area contributed by atoms with Crippen molar-refractivity contribution in [2.24, 2.45) is 0 Å². The van der Waals surface area contributed by atoms with Crippen LogP contribution in [0.4, 0.5) is 0 Å². The van der Waals surface area contributed by atoms with Gasteiger partial charge in [-0.2, -0.15) is 5.10 Å². The number of benzene rings is 1. The van der Waals surface area contributed by atoms with Gasteiger partial charge in [0.25, 0.3) is 0 Å². The summed E-state index contributed by atoms with van der Waals surface area (Å²) in [5, 5.41) is 8.74. The van der Waals surface area contributed by atoms with Crippen LogP contribution in [0.3, 0.4) is 0 Å². The van der Waals surface area contributed by atoms with E-state index >= 15 is 0 Å². The van der Waals surface area contributed by atoms with Crippen LogP contribution >= 0.6 is 11.6 Å². The Labute approximate surface area is 126 Å². The Hall–Kier alpha value is -1.32. The molecule has 20 heavy (non-hydrogen) atoms. The van der Waals surface area contributed by atoms with Crippen LogP contribution in [0.15, 0.2) is 30.5 Å². The van der Waals surface area contributed by atoms with Crippen LogP contribution in [-0.2, 0) is 13.0 Å². The maximum Gasteiger partial charge on any atom is 0.0663 e. The predicted molar refractivity (Wildman–Crippen MR) is 84.5 cm³/mol. The van der Waals surface area contributed by atoms with Gasteiger partial charge in [0, 0.05) is 28.9 Å². The second-order valence-electron chi connectivity index (χ2n) is 5.29. The highest BCUT2D eigenvalue weighted by atomic mass is 35.5. The van der Waals surface area contributed by atoms with E-state index < -0.39 is 0 Å². The summed E-state index contributed by atoms with van der Waals surface area (Å²) >= 11 is 6.08. The fourth-order valence-electron chi connectivity index (χ4n) is 2.20. The average Bonchev–Trinajstić information content (AvgIpc) is 2.80. The number of nitrogens with zero attached hydrogens (tertiary/aromatic N) is 2. The van der Waals surface area contributed by atoms with Crippen LogP contribution in [-0.4, -0.2) is 15.8 Å². The summed E-state index contributed by atoms with van der Waals surface area (Å²) < 4.78 is 2.01. The first-order valence-corrected chi connectivity index (χ1v) is 7.54. The summed E-state index contributed by atoms with van der Waals surface area (Å²) in [5.74, 6) is 0. The molecule has 0 bridgehead atoms. The second-order valence-corrected chi connectivity index (χ2v) is 5.73. The molecule has 0 radical (unpaired) electrons. The van der Waals surface area contributed by atoms with Crippen LogP contribution in [0, 0.1) is 0 Å². The quantitative estimate of drug-likeness (QED) is 0.872. The molecule has 0 aliphatic rings.